The van der Waals surface area contributed by atoms with Crippen molar-refractivity contribution in [3.05, 3.63) is 29.8 Å². The molecule has 0 atom stereocenters. The molecule has 7 heteroatoms. The van der Waals surface area contributed by atoms with Crippen molar-refractivity contribution < 1.29 is 13.2 Å². The third kappa shape index (κ3) is 7.55. The van der Waals surface area contributed by atoms with Crippen molar-refractivity contribution >= 4 is 15.8 Å². The number of hydrogen-bond donors (Lipinski definition) is 2. The summed E-state index contributed by atoms with van der Waals surface area (Å²) in [4.78, 5) is 4.09. The predicted octanol–water partition coefficient (Wildman–Crippen LogP) is 0.795. The number of rotatable bonds is 7. The third-order valence-corrected chi connectivity index (χ3v) is 3.83. The summed E-state index contributed by atoms with van der Waals surface area (Å²) in [6.45, 7) is 1.17. The molecule has 1 rings (SSSR count). The van der Waals surface area contributed by atoms with Crippen LogP contribution < -0.4 is 15.4 Å². The molecule has 2 N–H and O–H groups in total. The fourth-order valence-corrected chi connectivity index (χ4v) is 2.40. The minimum Gasteiger partial charge on any atom is -0.497 e. The summed E-state index contributed by atoms with van der Waals surface area (Å²) in [7, 11) is 0.406. The van der Waals surface area contributed by atoms with Gasteiger partial charge in [-0.3, -0.25) is 4.99 Å². The second kappa shape index (κ2) is 8.51. The Morgan fingerprint density at radius 1 is 1.33 bits per heavy atom. The molecule has 1 aromatic rings. The first-order valence-electron chi connectivity index (χ1n) is 6.70. The maximum absolute atomic E-state index is 11.0. The Morgan fingerprint density at radius 2 is 2.10 bits per heavy atom. The standard InChI is InChI=1S/C14H23N3O3S/c1-15-14(16-8-5-9-21(3,18)19)17-11-12-6-4-7-13(10-12)20-2/h4,6-7,10H,5,8-9,11H2,1-3H3,(H2,15,16,17). The molecule has 0 saturated heterocycles. The van der Waals surface area contributed by atoms with Crippen LogP contribution in [0.1, 0.15) is 12.0 Å². The van der Waals surface area contributed by atoms with Crippen LogP contribution in [0.15, 0.2) is 29.3 Å². The molecular weight excluding hydrogens is 290 g/mol. The average molecular weight is 313 g/mol. The minimum atomic E-state index is -2.91. The Labute approximate surface area is 126 Å². The number of ether oxygens (including phenoxy) is 1. The highest BCUT2D eigenvalue weighted by Gasteiger charge is 2.03. The maximum Gasteiger partial charge on any atom is 0.191 e. The van der Waals surface area contributed by atoms with Crippen molar-refractivity contribution in [2.24, 2.45) is 4.99 Å². The van der Waals surface area contributed by atoms with E-state index < -0.39 is 9.84 Å². The van der Waals surface area contributed by atoms with E-state index in [1.807, 2.05) is 24.3 Å². The van der Waals surface area contributed by atoms with E-state index in [-0.39, 0.29) is 5.75 Å². The van der Waals surface area contributed by atoms with Gasteiger partial charge in [-0.1, -0.05) is 12.1 Å². The molecule has 0 spiro atoms. The Kier molecular flexibility index (Phi) is 7.01. The molecule has 0 aliphatic rings. The zero-order valence-corrected chi connectivity index (χ0v) is 13.5. The quantitative estimate of drug-likeness (QED) is 0.442. The van der Waals surface area contributed by atoms with Crippen LogP contribution in [-0.2, 0) is 16.4 Å². The van der Waals surface area contributed by atoms with Crippen LogP contribution in [-0.4, -0.2) is 47.1 Å². The van der Waals surface area contributed by atoms with Gasteiger partial charge in [0.15, 0.2) is 5.96 Å². The molecule has 0 fully saturated rings. The molecular formula is C14H23N3O3S. The smallest absolute Gasteiger partial charge is 0.191 e. The van der Waals surface area contributed by atoms with E-state index in [9.17, 15) is 8.42 Å². The molecule has 0 bridgehead atoms. The number of hydrogen-bond acceptors (Lipinski definition) is 4. The Morgan fingerprint density at radius 3 is 2.71 bits per heavy atom. The molecule has 21 heavy (non-hydrogen) atoms. The van der Waals surface area contributed by atoms with Crippen molar-refractivity contribution in [2.75, 3.05) is 32.7 Å². The number of aliphatic imine (C=N–C) groups is 1. The summed E-state index contributed by atoms with van der Waals surface area (Å²) in [5.41, 5.74) is 1.08. The van der Waals surface area contributed by atoms with E-state index in [2.05, 4.69) is 15.6 Å². The molecule has 0 aromatic heterocycles. The van der Waals surface area contributed by atoms with Crippen LogP contribution in [0.5, 0.6) is 5.75 Å². The van der Waals surface area contributed by atoms with Crippen molar-refractivity contribution in [1.29, 1.82) is 0 Å². The topological polar surface area (TPSA) is 79.8 Å². The van der Waals surface area contributed by atoms with Crippen LogP contribution in [0, 0.1) is 0 Å². The van der Waals surface area contributed by atoms with Gasteiger partial charge >= 0.3 is 0 Å². The van der Waals surface area contributed by atoms with Crippen molar-refractivity contribution in [3.63, 3.8) is 0 Å². The van der Waals surface area contributed by atoms with Crippen LogP contribution in [0.4, 0.5) is 0 Å². The molecule has 1 aromatic carbocycles. The zero-order valence-electron chi connectivity index (χ0n) is 12.7. The van der Waals surface area contributed by atoms with E-state index in [0.29, 0.717) is 25.5 Å². The van der Waals surface area contributed by atoms with Gasteiger partial charge < -0.3 is 15.4 Å². The van der Waals surface area contributed by atoms with Gasteiger partial charge in [0.2, 0.25) is 0 Å². The van der Waals surface area contributed by atoms with Gasteiger partial charge in [0.25, 0.3) is 0 Å². The Hall–Kier alpha value is -1.76. The normalized spacial score (nSPS) is 12.0. The highest BCUT2D eigenvalue weighted by molar-refractivity contribution is 7.90. The van der Waals surface area contributed by atoms with E-state index in [0.717, 1.165) is 11.3 Å². The lowest BCUT2D eigenvalue weighted by molar-refractivity contribution is 0.414. The lowest BCUT2D eigenvalue weighted by Crippen LogP contribution is -2.37. The largest absolute Gasteiger partial charge is 0.497 e. The lowest BCUT2D eigenvalue weighted by Gasteiger charge is -2.12. The highest BCUT2D eigenvalue weighted by atomic mass is 32.2. The first kappa shape index (κ1) is 17.3. The number of nitrogens with one attached hydrogen (secondary N) is 2. The molecule has 6 nitrogen and oxygen atoms in total. The van der Waals surface area contributed by atoms with Crippen LogP contribution in [0.3, 0.4) is 0 Å². The van der Waals surface area contributed by atoms with E-state index in [1.54, 1.807) is 14.2 Å². The highest BCUT2D eigenvalue weighted by Crippen LogP contribution is 2.11. The third-order valence-electron chi connectivity index (χ3n) is 2.80. The van der Waals surface area contributed by atoms with Gasteiger partial charge in [0.05, 0.1) is 12.9 Å². The van der Waals surface area contributed by atoms with Gasteiger partial charge in [-0.15, -0.1) is 0 Å². The fourth-order valence-electron chi connectivity index (χ4n) is 1.73. The minimum absolute atomic E-state index is 0.173. The first-order valence-corrected chi connectivity index (χ1v) is 8.76. The Bertz CT molecular complexity index is 571. The van der Waals surface area contributed by atoms with Gasteiger partial charge in [-0.2, -0.15) is 0 Å². The first-order chi connectivity index (χ1) is 9.94. The van der Waals surface area contributed by atoms with Crippen LogP contribution >= 0.6 is 0 Å². The molecule has 0 saturated carbocycles. The van der Waals surface area contributed by atoms with Crippen molar-refractivity contribution in [2.45, 2.75) is 13.0 Å². The molecule has 118 valence electrons. The van der Waals surface area contributed by atoms with Gasteiger partial charge in [-0.25, -0.2) is 8.42 Å². The number of guanidine groups is 1. The summed E-state index contributed by atoms with van der Waals surface area (Å²) < 4.78 is 27.2. The average Bonchev–Trinajstić information content (AvgIpc) is 2.45. The van der Waals surface area contributed by atoms with E-state index in [4.69, 9.17) is 4.74 Å². The van der Waals surface area contributed by atoms with Gasteiger partial charge in [0, 0.05) is 26.4 Å². The monoisotopic (exact) mass is 313 g/mol. The maximum atomic E-state index is 11.0. The van der Waals surface area contributed by atoms with Crippen LogP contribution in [0.2, 0.25) is 0 Å². The second-order valence-electron chi connectivity index (χ2n) is 4.69. The number of sulfone groups is 1. The molecule has 0 radical (unpaired) electrons. The van der Waals surface area contributed by atoms with E-state index >= 15 is 0 Å². The predicted molar refractivity (Wildman–Crippen MR) is 85.5 cm³/mol. The number of methoxy groups -OCH3 is 1. The summed E-state index contributed by atoms with van der Waals surface area (Å²) in [5.74, 6) is 1.63. The zero-order chi connectivity index (χ0) is 15.7. The SMILES string of the molecule is CN=C(NCCCS(C)(=O)=O)NCc1cccc(OC)c1. The van der Waals surface area contributed by atoms with Gasteiger partial charge in [-0.05, 0) is 24.1 Å². The molecule has 0 aliphatic carbocycles. The fraction of sp³-hybridized carbons (Fsp3) is 0.500. The molecule has 0 heterocycles. The molecule has 0 unspecified atom stereocenters. The number of nitrogens with zero attached hydrogens (tertiary/aromatic N) is 1. The lowest BCUT2D eigenvalue weighted by atomic mass is 10.2. The molecule has 0 aliphatic heterocycles. The summed E-state index contributed by atoms with van der Waals surface area (Å²) in [6, 6.07) is 7.76. The summed E-state index contributed by atoms with van der Waals surface area (Å²) in [6.07, 6.45) is 1.79. The number of benzene rings is 1. The molecule has 0 amide bonds. The van der Waals surface area contributed by atoms with E-state index in [1.165, 1.54) is 6.26 Å². The van der Waals surface area contributed by atoms with Crippen LogP contribution in [0.25, 0.3) is 0 Å². The second-order valence-corrected chi connectivity index (χ2v) is 6.95. The Balaban J connectivity index is 2.37. The van der Waals surface area contributed by atoms with Crippen molar-refractivity contribution in [3.8, 4) is 5.75 Å². The van der Waals surface area contributed by atoms with Gasteiger partial charge in [0.1, 0.15) is 15.6 Å². The summed E-state index contributed by atoms with van der Waals surface area (Å²) >= 11 is 0. The summed E-state index contributed by atoms with van der Waals surface area (Å²) in [5, 5.41) is 6.25. The van der Waals surface area contributed by atoms with Crippen molar-refractivity contribution in [1.82, 2.24) is 10.6 Å².